The zero-order valence-electron chi connectivity index (χ0n) is 15.4. The monoisotopic (exact) mass is 364 g/mol. The molecule has 0 saturated heterocycles. The van der Waals surface area contributed by atoms with Gasteiger partial charge in [-0.2, -0.15) is 0 Å². The normalized spacial score (nSPS) is 24.0. The number of nitrogens with one attached hydrogen (secondary N) is 2. The average Bonchev–Trinajstić information content (AvgIpc) is 3.40. The maximum atomic E-state index is 12.9. The quantitative estimate of drug-likeness (QED) is 0.796. The molecule has 2 aliphatic rings. The molecule has 1 aromatic carbocycles. The molecule has 140 valence electrons. The summed E-state index contributed by atoms with van der Waals surface area (Å²) in [7, 11) is 0. The summed E-state index contributed by atoms with van der Waals surface area (Å²) in [5.41, 5.74) is 1.80. The predicted molar refractivity (Wildman–Crippen MR) is 103 cm³/mol. The standard InChI is InChI=1S/C22H24N2O3/c1-14-4-7-16(8-5-14)21(25)24-20(13-18-3-2-10-27-18)22(26)23-19-12-15-6-9-17(19)11-15/h2-5,7-8,10,13,15,17,19H,6,9,11-12H2,1H3,(H,23,26)(H,24,25)/b20-13-/t15-,17+,19-/m0/s1. The van der Waals surface area contributed by atoms with Crippen LogP contribution in [0, 0.1) is 18.8 Å². The van der Waals surface area contributed by atoms with Crippen LogP contribution in [-0.2, 0) is 4.79 Å². The van der Waals surface area contributed by atoms with Gasteiger partial charge in [-0.25, -0.2) is 0 Å². The van der Waals surface area contributed by atoms with Crippen LogP contribution in [0.5, 0.6) is 0 Å². The number of fused-ring (bicyclic) bond motifs is 2. The third-order valence-corrected chi connectivity index (χ3v) is 5.69. The first kappa shape index (κ1) is 17.6. The highest BCUT2D eigenvalue weighted by molar-refractivity contribution is 6.05. The van der Waals surface area contributed by atoms with Gasteiger partial charge in [0.2, 0.25) is 0 Å². The molecule has 3 atom stereocenters. The van der Waals surface area contributed by atoms with Gasteiger partial charge in [0.1, 0.15) is 11.5 Å². The Morgan fingerprint density at radius 1 is 1.11 bits per heavy atom. The summed E-state index contributed by atoms with van der Waals surface area (Å²) in [5, 5.41) is 5.88. The highest BCUT2D eigenvalue weighted by Gasteiger charge is 2.40. The Morgan fingerprint density at radius 2 is 1.93 bits per heavy atom. The van der Waals surface area contributed by atoms with Crippen LogP contribution in [0.25, 0.3) is 6.08 Å². The fourth-order valence-electron chi connectivity index (χ4n) is 4.24. The summed E-state index contributed by atoms with van der Waals surface area (Å²) >= 11 is 0. The Balaban J connectivity index is 1.51. The number of aryl methyl sites for hydroxylation is 1. The van der Waals surface area contributed by atoms with Gasteiger partial charge in [0.05, 0.1) is 6.26 Å². The topological polar surface area (TPSA) is 71.3 Å². The smallest absolute Gasteiger partial charge is 0.268 e. The molecule has 0 radical (unpaired) electrons. The number of amides is 2. The average molecular weight is 364 g/mol. The van der Waals surface area contributed by atoms with Gasteiger partial charge in [0, 0.05) is 17.7 Å². The molecule has 5 nitrogen and oxygen atoms in total. The summed E-state index contributed by atoms with van der Waals surface area (Å²) < 4.78 is 5.33. The van der Waals surface area contributed by atoms with E-state index in [2.05, 4.69) is 10.6 Å². The number of benzene rings is 1. The minimum absolute atomic E-state index is 0.201. The Bertz CT molecular complexity index is 852. The van der Waals surface area contributed by atoms with Gasteiger partial charge in [0.25, 0.3) is 11.8 Å². The van der Waals surface area contributed by atoms with Crippen molar-refractivity contribution in [2.24, 2.45) is 11.8 Å². The third-order valence-electron chi connectivity index (χ3n) is 5.69. The number of hydrogen-bond donors (Lipinski definition) is 2. The lowest BCUT2D eigenvalue weighted by atomic mass is 9.95. The van der Waals surface area contributed by atoms with Crippen LogP contribution in [0.15, 0.2) is 52.8 Å². The molecular weight excluding hydrogens is 340 g/mol. The van der Waals surface area contributed by atoms with Gasteiger partial charge in [-0.05, 0) is 62.3 Å². The van der Waals surface area contributed by atoms with E-state index >= 15 is 0 Å². The Hall–Kier alpha value is -2.82. The predicted octanol–water partition coefficient (Wildman–Crippen LogP) is 3.66. The molecule has 2 saturated carbocycles. The van der Waals surface area contributed by atoms with E-state index in [0.29, 0.717) is 17.2 Å². The summed E-state index contributed by atoms with van der Waals surface area (Å²) in [6.45, 7) is 1.96. The fraction of sp³-hybridized carbons (Fsp3) is 0.364. The van der Waals surface area contributed by atoms with Crippen molar-refractivity contribution in [1.82, 2.24) is 10.6 Å². The molecule has 5 heteroatoms. The number of carbonyl (C=O) groups is 2. The number of carbonyl (C=O) groups excluding carboxylic acids is 2. The fourth-order valence-corrected chi connectivity index (χ4v) is 4.24. The molecule has 2 N–H and O–H groups in total. The number of furan rings is 1. The second-order valence-electron chi connectivity index (χ2n) is 7.65. The number of hydrogen-bond acceptors (Lipinski definition) is 3. The van der Waals surface area contributed by atoms with Crippen LogP contribution in [0.2, 0.25) is 0 Å². The van der Waals surface area contributed by atoms with Crippen LogP contribution in [0.3, 0.4) is 0 Å². The van der Waals surface area contributed by atoms with E-state index in [4.69, 9.17) is 4.42 Å². The van der Waals surface area contributed by atoms with Crippen LogP contribution in [0.1, 0.15) is 47.4 Å². The lowest BCUT2D eigenvalue weighted by Gasteiger charge is -2.23. The Kier molecular flexibility index (Phi) is 4.84. The molecule has 2 amide bonds. The largest absolute Gasteiger partial charge is 0.465 e. The van der Waals surface area contributed by atoms with Crippen molar-refractivity contribution in [3.63, 3.8) is 0 Å². The minimum Gasteiger partial charge on any atom is -0.465 e. The minimum atomic E-state index is -0.309. The highest BCUT2D eigenvalue weighted by Crippen LogP contribution is 2.44. The lowest BCUT2D eigenvalue weighted by Crippen LogP contribution is -2.42. The summed E-state index contributed by atoms with van der Waals surface area (Å²) in [6.07, 6.45) is 7.82. The maximum Gasteiger partial charge on any atom is 0.268 e. The summed E-state index contributed by atoms with van der Waals surface area (Å²) in [5.74, 6) is 1.26. The molecule has 27 heavy (non-hydrogen) atoms. The van der Waals surface area contributed by atoms with Gasteiger partial charge in [-0.3, -0.25) is 9.59 Å². The molecular formula is C22H24N2O3. The SMILES string of the molecule is Cc1ccc(C(=O)N/C(=C\c2ccco2)C(=O)N[C@H]2C[C@H]3CC[C@@H]2C3)cc1. The lowest BCUT2D eigenvalue weighted by molar-refractivity contribution is -0.118. The molecule has 2 aromatic rings. The molecule has 0 unspecified atom stereocenters. The van der Waals surface area contributed by atoms with E-state index in [0.717, 1.165) is 17.9 Å². The highest BCUT2D eigenvalue weighted by atomic mass is 16.3. The second kappa shape index (κ2) is 7.43. The van der Waals surface area contributed by atoms with Crippen molar-refractivity contribution in [1.29, 1.82) is 0 Å². The molecule has 0 spiro atoms. The first-order valence-electron chi connectivity index (χ1n) is 9.52. The van der Waals surface area contributed by atoms with Crippen LogP contribution < -0.4 is 10.6 Å². The summed E-state index contributed by atoms with van der Waals surface area (Å²) in [6, 6.07) is 11.0. The molecule has 1 heterocycles. The van der Waals surface area contributed by atoms with Crippen molar-refractivity contribution in [3.8, 4) is 0 Å². The van der Waals surface area contributed by atoms with Crippen molar-refractivity contribution in [2.75, 3.05) is 0 Å². The first-order valence-corrected chi connectivity index (χ1v) is 9.52. The van der Waals surface area contributed by atoms with Crippen LogP contribution >= 0.6 is 0 Å². The Morgan fingerprint density at radius 3 is 2.56 bits per heavy atom. The van der Waals surface area contributed by atoms with Crippen LogP contribution in [0.4, 0.5) is 0 Å². The Labute approximate surface area is 158 Å². The van der Waals surface area contributed by atoms with Crippen molar-refractivity contribution < 1.29 is 14.0 Å². The zero-order chi connectivity index (χ0) is 18.8. The van der Waals surface area contributed by atoms with Crippen LogP contribution in [-0.4, -0.2) is 17.9 Å². The third kappa shape index (κ3) is 3.97. The molecule has 4 rings (SSSR count). The van der Waals surface area contributed by atoms with Gasteiger partial charge in [-0.1, -0.05) is 24.1 Å². The molecule has 0 aliphatic heterocycles. The van der Waals surface area contributed by atoms with E-state index in [9.17, 15) is 9.59 Å². The zero-order valence-corrected chi connectivity index (χ0v) is 15.4. The first-order chi connectivity index (χ1) is 13.1. The van der Waals surface area contributed by atoms with Crippen molar-refractivity contribution in [2.45, 2.75) is 38.6 Å². The molecule has 2 aliphatic carbocycles. The van der Waals surface area contributed by atoms with E-state index in [1.54, 1.807) is 36.6 Å². The van der Waals surface area contributed by atoms with Crippen molar-refractivity contribution in [3.05, 3.63) is 65.2 Å². The van der Waals surface area contributed by atoms with Gasteiger partial charge < -0.3 is 15.1 Å². The number of rotatable bonds is 5. The summed E-state index contributed by atoms with van der Waals surface area (Å²) in [4.78, 5) is 25.5. The maximum absolute atomic E-state index is 12.9. The van der Waals surface area contributed by atoms with E-state index < -0.39 is 0 Å². The van der Waals surface area contributed by atoms with E-state index in [1.807, 2.05) is 19.1 Å². The molecule has 1 aromatic heterocycles. The molecule has 2 bridgehead atoms. The van der Waals surface area contributed by atoms with Gasteiger partial charge in [-0.15, -0.1) is 0 Å². The van der Waals surface area contributed by atoms with E-state index in [1.165, 1.54) is 19.3 Å². The molecule has 2 fully saturated rings. The van der Waals surface area contributed by atoms with Gasteiger partial charge >= 0.3 is 0 Å². The van der Waals surface area contributed by atoms with Crippen molar-refractivity contribution >= 4 is 17.9 Å². The van der Waals surface area contributed by atoms with E-state index in [-0.39, 0.29) is 23.6 Å². The second-order valence-corrected chi connectivity index (χ2v) is 7.65. The van der Waals surface area contributed by atoms with Gasteiger partial charge in [0.15, 0.2) is 0 Å².